The van der Waals surface area contributed by atoms with Gasteiger partial charge in [-0.1, -0.05) is 6.92 Å². The van der Waals surface area contributed by atoms with Gasteiger partial charge in [0.2, 0.25) is 5.91 Å². The van der Waals surface area contributed by atoms with Crippen LogP contribution in [0.15, 0.2) is 0 Å². The maximum atomic E-state index is 11.6. The molecule has 0 aromatic carbocycles. The average Bonchev–Trinajstić information content (AvgIpc) is 2.18. The molecule has 0 aromatic rings. The van der Waals surface area contributed by atoms with Gasteiger partial charge in [0, 0.05) is 32.3 Å². The van der Waals surface area contributed by atoms with Crippen molar-refractivity contribution in [1.82, 2.24) is 10.2 Å². The molecule has 82 valence electrons. The molecule has 4 heteroatoms. The normalized spacial score (nSPS) is 22.4. The van der Waals surface area contributed by atoms with Crippen LogP contribution < -0.4 is 5.32 Å². The molecule has 1 fully saturated rings. The summed E-state index contributed by atoms with van der Waals surface area (Å²) in [7, 11) is 0. The van der Waals surface area contributed by atoms with Crippen LogP contribution in [0.1, 0.15) is 20.3 Å². The number of carbonyl (C=O) groups is 1. The van der Waals surface area contributed by atoms with Crippen LogP contribution in [0, 0.1) is 0 Å². The fourth-order valence-corrected chi connectivity index (χ4v) is 1.55. The summed E-state index contributed by atoms with van der Waals surface area (Å²) < 4.78 is 5.22. The lowest BCUT2D eigenvalue weighted by Gasteiger charge is -2.31. The van der Waals surface area contributed by atoms with Gasteiger partial charge in [-0.05, 0) is 13.3 Å². The topological polar surface area (TPSA) is 41.6 Å². The smallest absolute Gasteiger partial charge is 0.248 e. The lowest BCUT2D eigenvalue weighted by molar-refractivity contribution is -0.137. The highest BCUT2D eigenvalue weighted by Gasteiger charge is 2.19. The van der Waals surface area contributed by atoms with Gasteiger partial charge >= 0.3 is 0 Å². The van der Waals surface area contributed by atoms with Crippen molar-refractivity contribution >= 4 is 5.91 Å². The molecule has 1 atom stereocenters. The summed E-state index contributed by atoms with van der Waals surface area (Å²) in [5.74, 6) is 0.117. The number of nitrogens with one attached hydrogen (secondary N) is 1. The fraction of sp³-hybridized carbons (Fsp3) is 0.900. The molecule has 1 heterocycles. The van der Waals surface area contributed by atoms with E-state index in [4.69, 9.17) is 4.74 Å². The van der Waals surface area contributed by atoms with E-state index in [9.17, 15) is 4.79 Å². The minimum absolute atomic E-state index is 0.117. The highest BCUT2D eigenvalue weighted by Crippen LogP contribution is 1.99. The molecule has 0 radical (unpaired) electrons. The first-order chi connectivity index (χ1) is 6.74. The van der Waals surface area contributed by atoms with Crippen LogP contribution in [0.5, 0.6) is 0 Å². The number of rotatable bonds is 4. The molecule has 1 rings (SSSR count). The summed E-state index contributed by atoms with van der Waals surface area (Å²) in [5.41, 5.74) is 0. The summed E-state index contributed by atoms with van der Waals surface area (Å²) in [4.78, 5) is 13.5. The maximum Gasteiger partial charge on any atom is 0.248 e. The Balaban J connectivity index is 2.22. The molecule has 0 aromatic heterocycles. The van der Waals surface area contributed by atoms with Crippen molar-refractivity contribution in [3.05, 3.63) is 0 Å². The summed E-state index contributed by atoms with van der Waals surface area (Å²) in [5, 5.41) is 3.30. The van der Waals surface area contributed by atoms with Crippen molar-refractivity contribution in [2.24, 2.45) is 0 Å². The minimum Gasteiger partial charge on any atom is -0.372 e. The zero-order chi connectivity index (χ0) is 10.4. The summed E-state index contributed by atoms with van der Waals surface area (Å²) >= 11 is 0. The maximum absolute atomic E-state index is 11.6. The van der Waals surface area contributed by atoms with Crippen LogP contribution in [0.4, 0.5) is 0 Å². The molecule has 0 saturated carbocycles. The van der Waals surface area contributed by atoms with Crippen molar-refractivity contribution in [2.45, 2.75) is 26.3 Å². The number of hydrogen-bond donors (Lipinski definition) is 1. The molecule has 1 aliphatic rings. The fourth-order valence-electron chi connectivity index (χ4n) is 1.55. The van der Waals surface area contributed by atoms with Gasteiger partial charge in [0.15, 0.2) is 0 Å². The van der Waals surface area contributed by atoms with E-state index in [-0.39, 0.29) is 12.5 Å². The molecular weight excluding hydrogens is 180 g/mol. The van der Waals surface area contributed by atoms with Gasteiger partial charge in [-0.3, -0.25) is 4.79 Å². The van der Waals surface area contributed by atoms with E-state index in [0.717, 1.165) is 26.1 Å². The lowest BCUT2D eigenvalue weighted by atomic mass is 10.2. The molecule has 0 spiro atoms. The number of hydrogen-bond acceptors (Lipinski definition) is 3. The van der Waals surface area contributed by atoms with E-state index in [2.05, 4.69) is 12.2 Å². The van der Waals surface area contributed by atoms with E-state index in [1.807, 2.05) is 11.8 Å². The Morgan fingerprint density at radius 2 is 2.43 bits per heavy atom. The van der Waals surface area contributed by atoms with Gasteiger partial charge in [-0.2, -0.15) is 0 Å². The number of amides is 1. The van der Waals surface area contributed by atoms with Crippen LogP contribution in [-0.2, 0) is 9.53 Å². The van der Waals surface area contributed by atoms with Gasteiger partial charge in [0.1, 0.15) is 6.61 Å². The Kier molecular flexibility index (Phi) is 4.90. The van der Waals surface area contributed by atoms with Gasteiger partial charge in [0.25, 0.3) is 0 Å². The summed E-state index contributed by atoms with van der Waals surface area (Å²) in [6.45, 7) is 7.53. The SMILES string of the molecule is CCCOCC(=O)N1CCNC(C)C1. The molecule has 14 heavy (non-hydrogen) atoms. The highest BCUT2D eigenvalue weighted by molar-refractivity contribution is 5.77. The minimum atomic E-state index is 0.117. The molecule has 4 nitrogen and oxygen atoms in total. The first-order valence-corrected chi connectivity index (χ1v) is 5.33. The third-order valence-electron chi connectivity index (χ3n) is 2.30. The number of carbonyl (C=O) groups excluding carboxylic acids is 1. The second-order valence-electron chi connectivity index (χ2n) is 3.75. The quantitative estimate of drug-likeness (QED) is 0.661. The predicted octanol–water partition coefficient (Wildman–Crippen LogP) is 0.233. The third-order valence-corrected chi connectivity index (χ3v) is 2.30. The summed E-state index contributed by atoms with van der Waals surface area (Å²) in [6, 6.07) is 0.402. The Labute approximate surface area is 85.6 Å². The standard InChI is InChI=1S/C10H20N2O2/c1-3-6-14-8-10(13)12-5-4-11-9(2)7-12/h9,11H,3-8H2,1-2H3. The van der Waals surface area contributed by atoms with Gasteiger partial charge in [0.05, 0.1) is 0 Å². The molecule has 1 aliphatic heterocycles. The Morgan fingerprint density at radius 1 is 1.64 bits per heavy atom. The number of ether oxygens (including phenoxy) is 1. The third kappa shape index (κ3) is 3.64. The number of nitrogens with zero attached hydrogens (tertiary/aromatic N) is 1. The van der Waals surface area contributed by atoms with Crippen molar-refractivity contribution < 1.29 is 9.53 Å². The van der Waals surface area contributed by atoms with Crippen molar-refractivity contribution in [3.63, 3.8) is 0 Å². The van der Waals surface area contributed by atoms with Crippen LogP contribution in [-0.4, -0.2) is 49.7 Å². The molecule has 0 bridgehead atoms. The zero-order valence-electron chi connectivity index (χ0n) is 9.08. The predicted molar refractivity (Wildman–Crippen MR) is 55.2 cm³/mol. The lowest BCUT2D eigenvalue weighted by Crippen LogP contribution is -2.52. The highest BCUT2D eigenvalue weighted by atomic mass is 16.5. The molecule has 1 unspecified atom stereocenters. The molecule has 1 amide bonds. The van der Waals surface area contributed by atoms with Crippen LogP contribution in [0.2, 0.25) is 0 Å². The van der Waals surface area contributed by atoms with E-state index < -0.39 is 0 Å². The average molecular weight is 200 g/mol. The first-order valence-electron chi connectivity index (χ1n) is 5.33. The molecule has 1 N–H and O–H groups in total. The molecule has 0 aliphatic carbocycles. The van der Waals surface area contributed by atoms with Gasteiger partial charge in [-0.25, -0.2) is 0 Å². The first kappa shape index (κ1) is 11.5. The van der Waals surface area contributed by atoms with E-state index >= 15 is 0 Å². The Morgan fingerprint density at radius 3 is 3.07 bits per heavy atom. The summed E-state index contributed by atoms with van der Waals surface area (Å²) in [6.07, 6.45) is 0.964. The van der Waals surface area contributed by atoms with E-state index in [1.165, 1.54) is 0 Å². The Hall–Kier alpha value is -0.610. The molecular formula is C10H20N2O2. The van der Waals surface area contributed by atoms with Gasteiger partial charge < -0.3 is 15.0 Å². The van der Waals surface area contributed by atoms with E-state index in [1.54, 1.807) is 0 Å². The zero-order valence-corrected chi connectivity index (χ0v) is 9.08. The van der Waals surface area contributed by atoms with Crippen LogP contribution in [0.3, 0.4) is 0 Å². The van der Waals surface area contributed by atoms with Crippen LogP contribution in [0.25, 0.3) is 0 Å². The van der Waals surface area contributed by atoms with E-state index in [0.29, 0.717) is 12.6 Å². The molecule has 1 saturated heterocycles. The second-order valence-corrected chi connectivity index (χ2v) is 3.75. The largest absolute Gasteiger partial charge is 0.372 e. The van der Waals surface area contributed by atoms with Crippen molar-refractivity contribution in [3.8, 4) is 0 Å². The van der Waals surface area contributed by atoms with Crippen LogP contribution >= 0.6 is 0 Å². The van der Waals surface area contributed by atoms with Crippen molar-refractivity contribution in [2.75, 3.05) is 32.8 Å². The number of piperazine rings is 1. The van der Waals surface area contributed by atoms with Crippen molar-refractivity contribution in [1.29, 1.82) is 0 Å². The Bertz CT molecular complexity index is 185. The van der Waals surface area contributed by atoms with Gasteiger partial charge in [-0.15, -0.1) is 0 Å². The monoisotopic (exact) mass is 200 g/mol. The second kappa shape index (κ2) is 5.98.